The Labute approximate surface area is 173 Å². The highest BCUT2D eigenvalue weighted by atomic mass is 16.5. The molecular formula is C22H34N6O. The van der Waals surface area contributed by atoms with E-state index < -0.39 is 0 Å². The summed E-state index contributed by atoms with van der Waals surface area (Å²) in [7, 11) is 0. The minimum Gasteiger partial charge on any atom is -0.378 e. The number of aliphatic imine (C=N–C) groups is 1. The molecule has 2 aromatic rings. The molecule has 7 nitrogen and oxygen atoms in total. The smallest absolute Gasteiger partial charge is 0.193 e. The van der Waals surface area contributed by atoms with Crippen LogP contribution < -0.4 is 5.32 Å². The van der Waals surface area contributed by atoms with E-state index in [1.807, 2.05) is 28.8 Å². The van der Waals surface area contributed by atoms with Crippen LogP contribution in [0.4, 0.5) is 0 Å². The van der Waals surface area contributed by atoms with Crippen molar-refractivity contribution in [2.45, 2.75) is 58.0 Å². The van der Waals surface area contributed by atoms with Crippen LogP contribution in [-0.4, -0.2) is 64.3 Å². The van der Waals surface area contributed by atoms with E-state index >= 15 is 0 Å². The quantitative estimate of drug-likeness (QED) is 0.574. The van der Waals surface area contributed by atoms with Crippen molar-refractivity contribution in [2.24, 2.45) is 10.9 Å². The highest BCUT2D eigenvalue weighted by molar-refractivity contribution is 5.80. The molecule has 0 radical (unpaired) electrons. The van der Waals surface area contributed by atoms with Gasteiger partial charge in [-0.05, 0) is 50.7 Å². The first-order chi connectivity index (χ1) is 14.3. The van der Waals surface area contributed by atoms with Crippen LogP contribution in [0.15, 0.2) is 29.4 Å². The fourth-order valence-electron chi connectivity index (χ4n) is 4.43. The van der Waals surface area contributed by atoms with Gasteiger partial charge in [0, 0.05) is 45.4 Å². The second-order valence-corrected chi connectivity index (χ2v) is 8.20. The van der Waals surface area contributed by atoms with Crippen molar-refractivity contribution in [2.75, 3.05) is 32.8 Å². The molecule has 4 rings (SSSR count). The van der Waals surface area contributed by atoms with Gasteiger partial charge in [-0.1, -0.05) is 18.9 Å². The fourth-order valence-corrected chi connectivity index (χ4v) is 4.43. The Kier molecular flexibility index (Phi) is 6.98. The second-order valence-electron chi connectivity index (χ2n) is 8.20. The van der Waals surface area contributed by atoms with Crippen molar-refractivity contribution in [3.8, 4) is 0 Å². The van der Waals surface area contributed by atoms with Crippen LogP contribution in [0.1, 0.15) is 51.3 Å². The number of nitrogens with one attached hydrogen (secondary N) is 1. The molecular weight excluding hydrogens is 364 g/mol. The van der Waals surface area contributed by atoms with Crippen LogP contribution in [0.25, 0.3) is 5.65 Å². The van der Waals surface area contributed by atoms with Crippen molar-refractivity contribution in [3.63, 3.8) is 0 Å². The van der Waals surface area contributed by atoms with Crippen molar-refractivity contribution >= 4 is 11.6 Å². The molecule has 3 heterocycles. The maximum atomic E-state index is 6.22. The number of hydrogen-bond donors (Lipinski definition) is 1. The lowest BCUT2D eigenvalue weighted by atomic mass is 10.1. The number of hydrogen-bond acceptors (Lipinski definition) is 4. The van der Waals surface area contributed by atoms with Crippen molar-refractivity contribution in [1.82, 2.24) is 24.8 Å². The van der Waals surface area contributed by atoms with E-state index in [9.17, 15) is 0 Å². The van der Waals surface area contributed by atoms with Crippen LogP contribution in [-0.2, 0) is 11.2 Å². The Morgan fingerprint density at radius 3 is 2.79 bits per heavy atom. The van der Waals surface area contributed by atoms with Crippen LogP contribution in [0.5, 0.6) is 0 Å². The number of likely N-dealkylation sites (tertiary alicyclic amines) is 1. The van der Waals surface area contributed by atoms with Gasteiger partial charge in [0.1, 0.15) is 5.82 Å². The molecule has 0 atom stereocenters. The van der Waals surface area contributed by atoms with Crippen molar-refractivity contribution in [1.29, 1.82) is 0 Å². The van der Waals surface area contributed by atoms with Gasteiger partial charge >= 0.3 is 0 Å². The Morgan fingerprint density at radius 1 is 1.17 bits per heavy atom. The Hall–Kier alpha value is -2.15. The molecule has 2 aromatic heterocycles. The highest BCUT2D eigenvalue weighted by Gasteiger charge is 2.23. The monoisotopic (exact) mass is 398 g/mol. The lowest BCUT2D eigenvalue weighted by Crippen LogP contribution is -2.47. The minimum atomic E-state index is 0.414. The summed E-state index contributed by atoms with van der Waals surface area (Å²) in [5, 5.41) is 12.0. The highest BCUT2D eigenvalue weighted by Crippen LogP contribution is 2.26. The molecule has 1 aliphatic carbocycles. The third-order valence-electron chi connectivity index (χ3n) is 6.10. The molecule has 0 amide bonds. The zero-order chi connectivity index (χ0) is 19.9. The Morgan fingerprint density at radius 2 is 2.00 bits per heavy atom. The lowest BCUT2D eigenvalue weighted by Gasteiger charge is -2.34. The first kappa shape index (κ1) is 20.1. The molecule has 7 heteroatoms. The molecule has 0 spiro atoms. The summed E-state index contributed by atoms with van der Waals surface area (Å²) in [6.07, 6.45) is 10.9. The van der Waals surface area contributed by atoms with Gasteiger partial charge < -0.3 is 15.0 Å². The molecule has 1 N–H and O–H groups in total. The van der Waals surface area contributed by atoms with Crippen LogP contribution in [0.2, 0.25) is 0 Å². The van der Waals surface area contributed by atoms with Crippen molar-refractivity contribution < 1.29 is 4.74 Å². The molecule has 0 bridgehead atoms. The van der Waals surface area contributed by atoms with Gasteiger partial charge in [-0.25, -0.2) is 0 Å². The number of pyridine rings is 1. The molecule has 0 unspecified atom stereocenters. The summed E-state index contributed by atoms with van der Waals surface area (Å²) in [5.41, 5.74) is 0.887. The van der Waals surface area contributed by atoms with E-state index in [4.69, 9.17) is 9.73 Å². The van der Waals surface area contributed by atoms with E-state index in [1.54, 1.807) is 0 Å². The standard InChI is InChI=1S/C22H34N6O/c1-2-23-22(24-13-10-21-26-25-20-9-5-6-14-28(20)21)27-15-11-19(12-16-27)29-17-18-7-3-4-8-18/h5-6,9,14,18-19H,2-4,7-8,10-13,15-17H2,1H3,(H,23,24). The number of aromatic nitrogens is 3. The first-order valence-electron chi connectivity index (χ1n) is 11.3. The number of piperidine rings is 1. The van der Waals surface area contributed by atoms with E-state index in [2.05, 4.69) is 27.3 Å². The summed E-state index contributed by atoms with van der Waals surface area (Å²) >= 11 is 0. The minimum absolute atomic E-state index is 0.414. The fraction of sp³-hybridized carbons (Fsp3) is 0.682. The molecule has 158 valence electrons. The van der Waals surface area contributed by atoms with Crippen LogP contribution in [0.3, 0.4) is 0 Å². The summed E-state index contributed by atoms with van der Waals surface area (Å²) in [4.78, 5) is 7.24. The number of fused-ring (bicyclic) bond motifs is 1. The molecule has 2 fully saturated rings. The van der Waals surface area contributed by atoms with Gasteiger partial charge in [-0.15, -0.1) is 10.2 Å². The number of nitrogens with zero attached hydrogens (tertiary/aromatic N) is 5. The molecule has 2 aliphatic rings. The SMILES string of the molecule is CCNC(=NCCc1nnc2ccccn12)N1CCC(OCC2CCCC2)CC1. The number of rotatable bonds is 7. The van der Waals surface area contributed by atoms with Crippen molar-refractivity contribution in [3.05, 3.63) is 30.2 Å². The Bertz CT molecular complexity index is 789. The second kappa shape index (κ2) is 10.1. The molecule has 1 saturated carbocycles. The van der Waals surface area contributed by atoms with Gasteiger partial charge in [0.05, 0.1) is 6.10 Å². The molecule has 1 aliphatic heterocycles. The predicted molar refractivity (Wildman–Crippen MR) is 115 cm³/mol. The summed E-state index contributed by atoms with van der Waals surface area (Å²) in [5.74, 6) is 2.77. The van der Waals surface area contributed by atoms with Gasteiger partial charge in [-0.3, -0.25) is 9.39 Å². The summed E-state index contributed by atoms with van der Waals surface area (Å²) in [6.45, 7) is 6.69. The van der Waals surface area contributed by atoms with E-state index in [0.29, 0.717) is 12.6 Å². The zero-order valence-corrected chi connectivity index (χ0v) is 17.6. The van der Waals surface area contributed by atoms with E-state index in [1.165, 1.54) is 25.7 Å². The topological polar surface area (TPSA) is 67.0 Å². The van der Waals surface area contributed by atoms with Crippen LogP contribution >= 0.6 is 0 Å². The van der Waals surface area contributed by atoms with Gasteiger partial charge in [-0.2, -0.15) is 0 Å². The van der Waals surface area contributed by atoms with E-state index in [-0.39, 0.29) is 0 Å². The summed E-state index contributed by atoms with van der Waals surface area (Å²) < 4.78 is 8.26. The van der Waals surface area contributed by atoms with Crippen LogP contribution in [0, 0.1) is 5.92 Å². The van der Waals surface area contributed by atoms with E-state index in [0.717, 1.165) is 68.9 Å². The third-order valence-corrected chi connectivity index (χ3v) is 6.10. The Balaban J connectivity index is 1.27. The molecule has 1 saturated heterocycles. The normalized spacial score (nSPS) is 19.3. The predicted octanol–water partition coefficient (Wildman–Crippen LogP) is 2.91. The van der Waals surface area contributed by atoms with Gasteiger partial charge in [0.2, 0.25) is 0 Å². The van der Waals surface area contributed by atoms with Gasteiger partial charge in [0.15, 0.2) is 11.6 Å². The largest absolute Gasteiger partial charge is 0.378 e. The average molecular weight is 399 g/mol. The summed E-state index contributed by atoms with van der Waals surface area (Å²) in [6, 6.07) is 5.96. The molecule has 0 aromatic carbocycles. The maximum absolute atomic E-state index is 6.22. The third kappa shape index (κ3) is 5.26. The first-order valence-corrected chi connectivity index (χ1v) is 11.3. The zero-order valence-electron chi connectivity index (χ0n) is 17.6. The lowest BCUT2D eigenvalue weighted by molar-refractivity contribution is 0.00102. The number of ether oxygens (including phenoxy) is 1. The number of guanidine groups is 1. The molecule has 29 heavy (non-hydrogen) atoms. The van der Waals surface area contributed by atoms with Gasteiger partial charge in [0.25, 0.3) is 0 Å². The average Bonchev–Trinajstić information content (AvgIpc) is 3.42. The maximum Gasteiger partial charge on any atom is 0.193 e.